The molecule has 2 saturated heterocycles. The first kappa shape index (κ1) is 36.1. The highest BCUT2D eigenvalue weighted by atomic mass is 32.3. The molecule has 0 bridgehead atoms. The van der Waals surface area contributed by atoms with Crippen LogP contribution in [0.2, 0.25) is 0 Å². The standard InChI is InChI=1S/C20H37NO17S3/c1-5-14-17(21-39(24,25)26)10(2)12(15(36-14)9-35-40(27,28)29)7-34-8-16-18(38-41(30,31)32)11(3)13(6-33-4)19(37-16)20(22)23/h10-19,21H,5-9H2,1-4H3,(H,22,23)(H,24,25,26)(H,27,28,29)(H,30,31,32)/p-4/t10-,11-,12+,13+,14-,15?,16-,17?,18?,19?/m0/s1. The van der Waals surface area contributed by atoms with E-state index in [1.54, 1.807) is 6.92 Å². The van der Waals surface area contributed by atoms with E-state index >= 15 is 0 Å². The Morgan fingerprint density at radius 2 is 1.46 bits per heavy atom. The molecule has 0 aromatic carbocycles. The normalized spacial score (nSPS) is 35.3. The first-order chi connectivity index (χ1) is 18.8. The summed E-state index contributed by atoms with van der Waals surface area (Å²) in [5.74, 6) is -5.24. The minimum Gasteiger partial charge on any atom is -0.735 e. The van der Waals surface area contributed by atoms with Crippen LogP contribution in [0.4, 0.5) is 0 Å². The number of methoxy groups -OCH3 is 1. The molecule has 0 aliphatic carbocycles. The van der Waals surface area contributed by atoms with Crippen molar-refractivity contribution in [1.29, 1.82) is 0 Å². The minimum absolute atomic E-state index is 0.176. The maximum Gasteiger partial charge on any atom is 0.218 e. The maximum absolute atomic E-state index is 11.8. The lowest BCUT2D eigenvalue weighted by Gasteiger charge is -2.47. The van der Waals surface area contributed by atoms with Gasteiger partial charge in [-0.3, -0.25) is 8.37 Å². The second-order valence-electron chi connectivity index (χ2n) is 9.83. The van der Waals surface area contributed by atoms with Crippen LogP contribution in [0, 0.1) is 23.7 Å². The Kier molecular flexibility index (Phi) is 12.9. The topological polar surface area (TPSA) is 279 Å². The number of carbonyl (C=O) groups excluding carboxylic acids is 1. The molecule has 242 valence electrons. The number of aliphatic carboxylic acids is 1. The molecule has 4 unspecified atom stereocenters. The van der Waals surface area contributed by atoms with Gasteiger partial charge in [0.05, 0.1) is 44.6 Å². The van der Waals surface area contributed by atoms with E-state index in [4.69, 9.17) is 18.9 Å². The summed E-state index contributed by atoms with van der Waals surface area (Å²) < 4.78 is 135. The van der Waals surface area contributed by atoms with Crippen molar-refractivity contribution >= 4 is 37.1 Å². The molecule has 2 aliphatic heterocycles. The summed E-state index contributed by atoms with van der Waals surface area (Å²) in [6.07, 6.45) is -6.46. The van der Waals surface area contributed by atoms with Crippen LogP contribution in [0.5, 0.6) is 0 Å². The molecule has 2 aliphatic rings. The summed E-state index contributed by atoms with van der Waals surface area (Å²) in [5.41, 5.74) is 0. The molecular formula is C20H33NO17S3-4. The molecule has 0 aromatic rings. The number of rotatable bonds is 15. The zero-order valence-electron chi connectivity index (χ0n) is 22.5. The van der Waals surface area contributed by atoms with Gasteiger partial charge in [0.2, 0.25) is 20.8 Å². The Morgan fingerprint density at radius 3 is 1.95 bits per heavy atom. The average Bonchev–Trinajstić information content (AvgIpc) is 2.82. The zero-order chi connectivity index (χ0) is 31.3. The van der Waals surface area contributed by atoms with E-state index in [0.29, 0.717) is 0 Å². The van der Waals surface area contributed by atoms with Gasteiger partial charge in [0.1, 0.15) is 18.3 Å². The first-order valence-corrected chi connectivity index (χ1v) is 16.4. The van der Waals surface area contributed by atoms with E-state index in [9.17, 15) is 48.8 Å². The largest absolute Gasteiger partial charge is 0.735 e. The van der Waals surface area contributed by atoms with Gasteiger partial charge < -0.3 is 42.5 Å². The van der Waals surface area contributed by atoms with Crippen LogP contribution >= 0.6 is 0 Å². The van der Waals surface area contributed by atoms with Gasteiger partial charge in [0.25, 0.3) is 0 Å². The fourth-order valence-electron chi connectivity index (χ4n) is 5.25. The molecule has 10 atom stereocenters. The van der Waals surface area contributed by atoms with Crippen LogP contribution in [-0.4, -0.2) is 115 Å². The molecule has 0 spiro atoms. The Balaban J connectivity index is 2.30. The van der Waals surface area contributed by atoms with Crippen molar-refractivity contribution in [3.8, 4) is 0 Å². The summed E-state index contributed by atoms with van der Waals surface area (Å²) in [7, 11) is -14.1. The van der Waals surface area contributed by atoms with Crippen LogP contribution in [0.1, 0.15) is 27.2 Å². The minimum atomic E-state index is -5.29. The van der Waals surface area contributed by atoms with E-state index in [-0.39, 0.29) is 13.0 Å². The number of ether oxygens (including phenoxy) is 4. The van der Waals surface area contributed by atoms with Crippen molar-refractivity contribution in [2.75, 3.05) is 33.5 Å². The third-order valence-corrected chi connectivity index (χ3v) is 8.66. The van der Waals surface area contributed by atoms with Crippen molar-refractivity contribution in [3.63, 3.8) is 0 Å². The molecule has 2 rings (SSSR count). The van der Waals surface area contributed by atoms with E-state index in [0.717, 1.165) is 0 Å². The molecule has 2 fully saturated rings. The summed E-state index contributed by atoms with van der Waals surface area (Å²) in [6.45, 7) is 2.59. The van der Waals surface area contributed by atoms with Crippen LogP contribution in [0.25, 0.3) is 0 Å². The molecule has 2 heterocycles. The summed E-state index contributed by atoms with van der Waals surface area (Å²) >= 11 is 0. The van der Waals surface area contributed by atoms with Gasteiger partial charge in [-0.15, -0.1) is 0 Å². The highest BCUT2D eigenvalue weighted by Gasteiger charge is 2.47. The first-order valence-electron chi connectivity index (χ1n) is 12.3. The van der Waals surface area contributed by atoms with Gasteiger partial charge in [-0.2, -0.15) is 0 Å². The maximum atomic E-state index is 11.8. The number of hydrogen-bond donors (Lipinski definition) is 1. The van der Waals surface area contributed by atoms with Crippen LogP contribution in [0.3, 0.4) is 0 Å². The van der Waals surface area contributed by atoms with E-state index < -0.39 is 117 Å². The van der Waals surface area contributed by atoms with Crippen molar-refractivity contribution in [2.24, 2.45) is 23.7 Å². The predicted octanol–water partition coefficient (Wildman–Crippen LogP) is -3.41. The number of carbonyl (C=O) groups is 1. The third-order valence-electron chi connectivity index (χ3n) is 7.21. The van der Waals surface area contributed by atoms with Crippen LogP contribution in [0.15, 0.2) is 0 Å². The SMILES string of the molecule is CC[C@@H]1OC(COS(=O)(=O)[O-])[C@H](COC[C@@H]2OC(C(=O)[O-])[C@H](COC)[C@H](C)C2OS(=O)(=O)[O-])[C@H](C)C1NS(=O)(=O)[O-]. The molecule has 0 saturated carbocycles. The number of hydrogen-bond acceptors (Lipinski definition) is 17. The van der Waals surface area contributed by atoms with Gasteiger partial charge in [-0.1, -0.05) is 20.8 Å². The lowest BCUT2D eigenvalue weighted by atomic mass is 9.79. The highest BCUT2D eigenvalue weighted by molar-refractivity contribution is 7.83. The van der Waals surface area contributed by atoms with Gasteiger partial charge >= 0.3 is 0 Å². The second-order valence-corrected chi connectivity index (χ2v) is 13.0. The number of carboxylic acids is 1. The van der Waals surface area contributed by atoms with Crippen molar-refractivity contribution in [2.45, 2.75) is 63.8 Å². The Labute approximate surface area is 238 Å². The molecule has 0 radical (unpaired) electrons. The van der Waals surface area contributed by atoms with Crippen LogP contribution < -0.4 is 9.83 Å². The molecule has 41 heavy (non-hydrogen) atoms. The van der Waals surface area contributed by atoms with Crippen molar-refractivity contribution < 1.29 is 76.1 Å². The lowest BCUT2D eigenvalue weighted by Crippen LogP contribution is -2.60. The van der Waals surface area contributed by atoms with Gasteiger partial charge in [0.15, 0.2) is 10.3 Å². The van der Waals surface area contributed by atoms with Gasteiger partial charge in [-0.05, 0) is 18.3 Å². The van der Waals surface area contributed by atoms with E-state index in [1.165, 1.54) is 21.0 Å². The van der Waals surface area contributed by atoms with Crippen molar-refractivity contribution in [3.05, 3.63) is 0 Å². The second kappa shape index (κ2) is 14.6. The molecule has 0 aromatic heterocycles. The highest BCUT2D eigenvalue weighted by Crippen LogP contribution is 2.36. The number of nitrogens with one attached hydrogen (secondary N) is 1. The Morgan fingerprint density at radius 1 is 0.829 bits per heavy atom. The molecule has 21 heteroatoms. The third kappa shape index (κ3) is 10.9. The average molecular weight is 656 g/mol. The number of carboxylic acid groups (broad SMARTS) is 1. The lowest BCUT2D eigenvalue weighted by molar-refractivity contribution is -0.329. The van der Waals surface area contributed by atoms with Crippen molar-refractivity contribution in [1.82, 2.24) is 4.72 Å². The quantitative estimate of drug-likeness (QED) is 0.133. The smallest absolute Gasteiger partial charge is 0.218 e. The fraction of sp³-hybridized carbons (Fsp3) is 0.950. The van der Waals surface area contributed by atoms with E-state index in [1.807, 2.05) is 4.72 Å². The van der Waals surface area contributed by atoms with E-state index in [2.05, 4.69) is 8.37 Å². The Hall–Kier alpha value is -1.08. The fourth-order valence-corrected chi connectivity index (χ4v) is 6.82. The summed E-state index contributed by atoms with van der Waals surface area (Å²) in [5, 5.41) is 11.8. The zero-order valence-corrected chi connectivity index (χ0v) is 24.9. The molecule has 1 N–H and O–H groups in total. The van der Waals surface area contributed by atoms with Gasteiger partial charge in [0, 0.05) is 25.0 Å². The molecular weight excluding hydrogens is 622 g/mol. The monoisotopic (exact) mass is 655 g/mol. The molecule has 0 amide bonds. The summed E-state index contributed by atoms with van der Waals surface area (Å²) in [6, 6.07) is -1.10. The molecule has 18 nitrogen and oxygen atoms in total. The Bertz CT molecular complexity index is 1190. The van der Waals surface area contributed by atoms with Crippen LogP contribution in [-0.2, 0) is 63.2 Å². The van der Waals surface area contributed by atoms with Gasteiger partial charge in [-0.25, -0.2) is 30.0 Å². The predicted molar refractivity (Wildman–Crippen MR) is 127 cm³/mol. The summed E-state index contributed by atoms with van der Waals surface area (Å²) in [4.78, 5) is 11.8.